The van der Waals surface area contributed by atoms with E-state index in [1.54, 1.807) is 0 Å². The molecule has 1 aliphatic rings. The average Bonchev–Trinajstić information content (AvgIpc) is 3.02. The number of alkyl halides is 6. The molecule has 0 amide bonds. The summed E-state index contributed by atoms with van der Waals surface area (Å²) in [4.78, 5) is 0. The van der Waals surface area contributed by atoms with Crippen LogP contribution in [0.25, 0.3) is 0 Å². The van der Waals surface area contributed by atoms with Crippen molar-refractivity contribution in [2.24, 2.45) is 11.3 Å². The van der Waals surface area contributed by atoms with Crippen molar-refractivity contribution in [1.82, 2.24) is 0 Å². The first-order valence-electron chi connectivity index (χ1n) is 7.07. The Morgan fingerprint density at radius 1 is 0.864 bits per heavy atom. The van der Waals surface area contributed by atoms with E-state index in [1.165, 1.54) is 0 Å². The van der Waals surface area contributed by atoms with Gasteiger partial charge in [-0.25, -0.2) is 0 Å². The third-order valence-corrected chi connectivity index (χ3v) is 3.84. The highest BCUT2D eigenvalue weighted by Gasteiger charge is 2.43. The lowest BCUT2D eigenvalue weighted by atomic mass is 9.88. The van der Waals surface area contributed by atoms with Crippen molar-refractivity contribution in [3.05, 3.63) is 34.9 Å². The van der Waals surface area contributed by atoms with E-state index in [-0.39, 0.29) is 28.9 Å². The Morgan fingerprint density at radius 3 is 1.68 bits per heavy atom. The van der Waals surface area contributed by atoms with E-state index in [0.717, 1.165) is 18.6 Å². The molecule has 1 saturated carbocycles. The van der Waals surface area contributed by atoms with Crippen molar-refractivity contribution in [2.45, 2.75) is 51.9 Å². The second-order valence-electron chi connectivity index (χ2n) is 7.21. The predicted octanol–water partition coefficient (Wildman–Crippen LogP) is 6.26. The Morgan fingerprint density at radius 2 is 1.32 bits per heavy atom. The lowest BCUT2D eigenvalue weighted by Gasteiger charge is -2.18. The van der Waals surface area contributed by atoms with Gasteiger partial charge in [0.1, 0.15) is 0 Å². The van der Waals surface area contributed by atoms with Crippen LogP contribution >= 0.6 is 0 Å². The second kappa shape index (κ2) is 5.17. The van der Waals surface area contributed by atoms with Gasteiger partial charge in [0.25, 0.3) is 0 Å². The minimum atomic E-state index is -4.77. The second-order valence-corrected chi connectivity index (χ2v) is 7.21. The number of rotatable bonds is 2. The van der Waals surface area contributed by atoms with E-state index in [2.05, 4.69) is 0 Å². The first kappa shape index (κ1) is 17.2. The van der Waals surface area contributed by atoms with E-state index in [9.17, 15) is 26.3 Å². The largest absolute Gasteiger partial charge is 0.416 e. The van der Waals surface area contributed by atoms with Crippen LogP contribution in [0.5, 0.6) is 0 Å². The molecule has 22 heavy (non-hydrogen) atoms. The van der Waals surface area contributed by atoms with Gasteiger partial charge >= 0.3 is 12.4 Å². The monoisotopic (exact) mass is 324 g/mol. The first-order valence-corrected chi connectivity index (χ1v) is 7.07. The highest BCUT2D eigenvalue weighted by Crippen LogP contribution is 2.54. The van der Waals surface area contributed by atoms with E-state index in [0.29, 0.717) is 6.42 Å². The fraction of sp³-hybridized carbons (Fsp3) is 0.625. The minimum Gasteiger partial charge on any atom is -0.166 e. The summed E-state index contributed by atoms with van der Waals surface area (Å²) >= 11 is 0. The molecular weight excluding hydrogens is 306 g/mol. The highest BCUT2D eigenvalue weighted by molar-refractivity contribution is 5.38. The molecule has 0 saturated heterocycles. The summed E-state index contributed by atoms with van der Waals surface area (Å²) in [6, 6.07) is 1.91. The lowest BCUT2D eigenvalue weighted by Crippen LogP contribution is -2.12. The van der Waals surface area contributed by atoms with Crippen LogP contribution in [0.1, 0.15) is 56.2 Å². The molecule has 0 unspecified atom stereocenters. The quantitative estimate of drug-likeness (QED) is 0.563. The molecule has 1 fully saturated rings. The SMILES string of the molecule is CC(C)(C)C[C@H]1C[C@@H]1c1cc(C(F)(F)F)cc(C(F)(F)F)c1. The summed E-state index contributed by atoms with van der Waals surface area (Å²) in [5.41, 5.74) is -2.29. The molecule has 1 aliphatic carbocycles. The molecule has 124 valence electrons. The molecule has 2 atom stereocenters. The molecule has 0 heterocycles. The molecule has 0 aliphatic heterocycles. The van der Waals surface area contributed by atoms with Crippen LogP contribution < -0.4 is 0 Å². The Hall–Kier alpha value is -1.20. The van der Waals surface area contributed by atoms with Gasteiger partial charge in [-0.1, -0.05) is 20.8 Å². The molecule has 0 bridgehead atoms. The fourth-order valence-corrected chi connectivity index (χ4v) is 2.86. The number of benzene rings is 1. The molecule has 1 aromatic rings. The van der Waals surface area contributed by atoms with Crippen LogP contribution in [0.2, 0.25) is 0 Å². The molecular formula is C16H18F6. The van der Waals surface area contributed by atoms with E-state index < -0.39 is 23.5 Å². The Bertz CT molecular complexity index is 515. The van der Waals surface area contributed by atoms with Gasteiger partial charge in [0.05, 0.1) is 11.1 Å². The number of hydrogen-bond donors (Lipinski definition) is 0. The number of halogens is 6. The Balaban J connectivity index is 2.33. The molecule has 6 heteroatoms. The molecule has 0 nitrogen and oxygen atoms in total. The van der Waals surface area contributed by atoms with Crippen molar-refractivity contribution in [3.63, 3.8) is 0 Å². The summed E-state index contributed by atoms with van der Waals surface area (Å²) in [6.07, 6.45) is -8.11. The summed E-state index contributed by atoms with van der Waals surface area (Å²) < 4.78 is 76.9. The van der Waals surface area contributed by atoms with E-state index in [4.69, 9.17) is 0 Å². The van der Waals surface area contributed by atoms with Crippen LogP contribution in [-0.4, -0.2) is 0 Å². The molecule has 1 aromatic carbocycles. The summed E-state index contributed by atoms with van der Waals surface area (Å²) in [6.45, 7) is 6.03. The van der Waals surface area contributed by atoms with E-state index >= 15 is 0 Å². The van der Waals surface area contributed by atoms with Crippen molar-refractivity contribution < 1.29 is 26.3 Å². The average molecular weight is 324 g/mol. The lowest BCUT2D eigenvalue weighted by molar-refractivity contribution is -0.143. The topological polar surface area (TPSA) is 0 Å². The van der Waals surface area contributed by atoms with Gasteiger partial charge in [0, 0.05) is 0 Å². The van der Waals surface area contributed by atoms with E-state index in [1.807, 2.05) is 20.8 Å². The molecule has 0 N–H and O–H groups in total. The summed E-state index contributed by atoms with van der Waals surface area (Å²) in [5, 5.41) is 0. The van der Waals surface area contributed by atoms with Crippen LogP contribution in [0.3, 0.4) is 0 Å². The van der Waals surface area contributed by atoms with Gasteiger partial charge < -0.3 is 0 Å². The standard InChI is InChI=1S/C16H18F6/c1-14(2,3)8-10-6-13(10)9-4-11(15(17,18)19)7-12(5-9)16(20,21)22/h4-5,7,10,13H,6,8H2,1-3H3/t10-,13-/m1/s1. The zero-order valence-electron chi connectivity index (χ0n) is 12.6. The van der Waals surface area contributed by atoms with Crippen molar-refractivity contribution in [1.29, 1.82) is 0 Å². The maximum Gasteiger partial charge on any atom is 0.416 e. The molecule has 0 spiro atoms. The predicted molar refractivity (Wildman–Crippen MR) is 71.4 cm³/mol. The highest BCUT2D eigenvalue weighted by atomic mass is 19.4. The maximum absolute atomic E-state index is 12.8. The van der Waals surface area contributed by atoms with Crippen LogP contribution in [0, 0.1) is 11.3 Å². The Labute approximate surface area is 125 Å². The minimum absolute atomic E-state index is 0.00785. The molecule has 0 radical (unpaired) electrons. The van der Waals surface area contributed by atoms with Gasteiger partial charge in [-0.05, 0) is 53.9 Å². The normalized spacial score (nSPS) is 22.8. The van der Waals surface area contributed by atoms with Crippen LogP contribution in [-0.2, 0) is 12.4 Å². The number of hydrogen-bond acceptors (Lipinski definition) is 0. The van der Waals surface area contributed by atoms with Gasteiger partial charge in [-0.3, -0.25) is 0 Å². The van der Waals surface area contributed by atoms with Crippen LogP contribution in [0.4, 0.5) is 26.3 Å². The first-order chi connectivity index (χ1) is 9.77. The molecule has 2 rings (SSSR count). The third kappa shape index (κ3) is 4.17. The summed E-state index contributed by atoms with van der Waals surface area (Å²) in [7, 11) is 0. The van der Waals surface area contributed by atoms with Crippen molar-refractivity contribution >= 4 is 0 Å². The third-order valence-electron chi connectivity index (χ3n) is 3.84. The van der Waals surface area contributed by atoms with Crippen molar-refractivity contribution in [3.8, 4) is 0 Å². The molecule has 0 aromatic heterocycles. The van der Waals surface area contributed by atoms with Gasteiger partial charge in [0.2, 0.25) is 0 Å². The van der Waals surface area contributed by atoms with Gasteiger partial charge in [-0.2, -0.15) is 26.3 Å². The Kier molecular flexibility index (Phi) is 4.03. The fourth-order valence-electron chi connectivity index (χ4n) is 2.86. The zero-order valence-corrected chi connectivity index (χ0v) is 12.6. The van der Waals surface area contributed by atoms with Gasteiger partial charge in [-0.15, -0.1) is 0 Å². The van der Waals surface area contributed by atoms with Crippen molar-refractivity contribution in [2.75, 3.05) is 0 Å². The van der Waals surface area contributed by atoms with Gasteiger partial charge in [0.15, 0.2) is 0 Å². The van der Waals surface area contributed by atoms with Crippen LogP contribution in [0.15, 0.2) is 18.2 Å². The zero-order chi connectivity index (χ0) is 16.9. The smallest absolute Gasteiger partial charge is 0.166 e. The maximum atomic E-state index is 12.8. The summed E-state index contributed by atoms with van der Waals surface area (Å²) in [5.74, 6) is -0.0489.